The molecule has 0 aliphatic heterocycles. The van der Waals surface area contributed by atoms with Gasteiger partial charge >= 0.3 is 5.97 Å². The van der Waals surface area contributed by atoms with Crippen molar-refractivity contribution in [1.82, 2.24) is 0 Å². The van der Waals surface area contributed by atoms with Crippen LogP contribution in [-0.2, 0) is 9.53 Å². The molecule has 0 unspecified atom stereocenters. The van der Waals surface area contributed by atoms with E-state index in [1.165, 1.54) is 13.2 Å². The molecule has 0 spiro atoms. The molecule has 0 radical (unpaired) electrons. The van der Waals surface area contributed by atoms with Gasteiger partial charge in [-0.05, 0) is 18.9 Å². The number of methoxy groups -OCH3 is 1. The maximum absolute atomic E-state index is 10.6. The second-order valence-corrected chi connectivity index (χ2v) is 2.22. The van der Waals surface area contributed by atoms with Gasteiger partial charge in [-0.15, -0.1) is 0 Å². The van der Waals surface area contributed by atoms with E-state index in [1.54, 1.807) is 0 Å². The summed E-state index contributed by atoms with van der Waals surface area (Å²) in [5, 5.41) is 8.93. The van der Waals surface area contributed by atoms with Crippen molar-refractivity contribution in [1.29, 1.82) is 0 Å². The fourth-order valence-corrected chi connectivity index (χ4v) is 0.631. The van der Waals surface area contributed by atoms with Crippen LogP contribution in [0.4, 0.5) is 0 Å². The highest BCUT2D eigenvalue weighted by molar-refractivity contribution is 5.85. The number of aliphatic hydroxyl groups is 1. The zero-order valence-electron chi connectivity index (χ0n) is 6.96. The minimum atomic E-state index is -0.666. The number of hydrogen-bond donors (Lipinski definition) is 1. The Morgan fingerprint density at radius 1 is 1.64 bits per heavy atom. The number of rotatable bonds is 4. The summed E-state index contributed by atoms with van der Waals surface area (Å²) in [6, 6.07) is 0. The van der Waals surface area contributed by atoms with Gasteiger partial charge in [0.05, 0.1) is 7.11 Å². The highest BCUT2D eigenvalue weighted by Gasteiger charge is 2.04. The van der Waals surface area contributed by atoms with E-state index in [-0.39, 0.29) is 5.76 Å². The summed E-state index contributed by atoms with van der Waals surface area (Å²) in [5.41, 5.74) is 0. The summed E-state index contributed by atoms with van der Waals surface area (Å²) in [6.45, 7) is 2.04. The van der Waals surface area contributed by atoms with E-state index in [2.05, 4.69) is 4.74 Å². The van der Waals surface area contributed by atoms with Crippen LogP contribution in [0.25, 0.3) is 0 Å². The predicted molar refractivity (Wildman–Crippen MR) is 42.3 cm³/mol. The second-order valence-electron chi connectivity index (χ2n) is 2.22. The lowest BCUT2D eigenvalue weighted by molar-refractivity contribution is -0.139. The molecule has 0 aliphatic rings. The van der Waals surface area contributed by atoms with Crippen molar-refractivity contribution in [2.75, 3.05) is 7.11 Å². The van der Waals surface area contributed by atoms with Crippen LogP contribution in [0.3, 0.4) is 0 Å². The number of hydrogen-bond acceptors (Lipinski definition) is 3. The molecule has 64 valence electrons. The number of carbonyl (C=O) groups is 1. The van der Waals surface area contributed by atoms with Gasteiger partial charge in [0.25, 0.3) is 0 Å². The Hall–Kier alpha value is -0.990. The van der Waals surface area contributed by atoms with Crippen LogP contribution in [0, 0.1) is 0 Å². The molecule has 0 aromatic heterocycles. The van der Waals surface area contributed by atoms with Crippen molar-refractivity contribution in [2.24, 2.45) is 0 Å². The molecule has 0 rings (SSSR count). The number of aliphatic hydroxyl groups excluding tert-OH is 1. The summed E-state index contributed by atoms with van der Waals surface area (Å²) in [7, 11) is 1.24. The van der Waals surface area contributed by atoms with Gasteiger partial charge in [0.15, 0.2) is 5.76 Å². The smallest absolute Gasteiger partial charge is 0.372 e. The van der Waals surface area contributed by atoms with Crippen LogP contribution in [0.15, 0.2) is 11.8 Å². The lowest BCUT2D eigenvalue weighted by Gasteiger charge is -1.96. The average Bonchev–Trinajstić information content (AvgIpc) is 2.03. The van der Waals surface area contributed by atoms with Crippen LogP contribution in [-0.4, -0.2) is 18.2 Å². The summed E-state index contributed by atoms with van der Waals surface area (Å²) in [4.78, 5) is 10.6. The van der Waals surface area contributed by atoms with E-state index in [9.17, 15) is 4.79 Å². The number of ether oxygens (including phenoxy) is 1. The third-order valence-corrected chi connectivity index (χ3v) is 1.29. The van der Waals surface area contributed by atoms with Crippen LogP contribution >= 0.6 is 0 Å². The molecule has 0 atom stereocenters. The van der Waals surface area contributed by atoms with E-state index >= 15 is 0 Å². The molecule has 3 heteroatoms. The van der Waals surface area contributed by atoms with Gasteiger partial charge in [-0.3, -0.25) is 0 Å². The van der Waals surface area contributed by atoms with Crippen LogP contribution in [0.5, 0.6) is 0 Å². The fourth-order valence-electron chi connectivity index (χ4n) is 0.631. The largest absolute Gasteiger partial charge is 0.502 e. The third-order valence-electron chi connectivity index (χ3n) is 1.29. The maximum Gasteiger partial charge on any atom is 0.372 e. The average molecular weight is 158 g/mol. The highest BCUT2D eigenvalue weighted by atomic mass is 16.5. The Labute approximate surface area is 66.7 Å². The lowest BCUT2D eigenvalue weighted by atomic mass is 10.2. The first-order chi connectivity index (χ1) is 5.22. The van der Waals surface area contributed by atoms with Crippen LogP contribution in [0.1, 0.15) is 26.2 Å². The molecule has 0 saturated carbocycles. The summed E-state index contributed by atoms with van der Waals surface area (Å²) in [6.07, 6.45) is 4.22. The van der Waals surface area contributed by atoms with Crippen molar-refractivity contribution in [3.8, 4) is 0 Å². The summed E-state index contributed by atoms with van der Waals surface area (Å²) >= 11 is 0. The third kappa shape index (κ3) is 4.42. The van der Waals surface area contributed by atoms with Crippen LogP contribution in [0.2, 0.25) is 0 Å². The van der Waals surface area contributed by atoms with Crippen molar-refractivity contribution in [2.45, 2.75) is 26.2 Å². The van der Waals surface area contributed by atoms with Crippen molar-refractivity contribution < 1.29 is 14.6 Å². The molecule has 0 fully saturated rings. The predicted octanol–water partition coefficient (Wildman–Crippen LogP) is 1.79. The number of carbonyl (C=O) groups excluding carboxylic acids is 1. The first-order valence-corrected chi connectivity index (χ1v) is 3.69. The molecule has 0 aromatic rings. The number of esters is 1. The van der Waals surface area contributed by atoms with Gasteiger partial charge in [0.2, 0.25) is 0 Å². The molecule has 0 saturated heterocycles. The van der Waals surface area contributed by atoms with E-state index in [0.717, 1.165) is 19.3 Å². The SMILES string of the molecule is CCCCC=C(O)C(=O)OC. The molecule has 0 aliphatic carbocycles. The van der Waals surface area contributed by atoms with Gasteiger partial charge in [-0.25, -0.2) is 4.79 Å². The lowest BCUT2D eigenvalue weighted by Crippen LogP contribution is -2.03. The standard InChI is InChI=1S/C8H14O3/c1-3-4-5-6-7(9)8(10)11-2/h6,9H,3-5H2,1-2H3. The molecule has 0 heterocycles. The first kappa shape index (κ1) is 10.0. The van der Waals surface area contributed by atoms with E-state index in [1.807, 2.05) is 6.92 Å². The van der Waals surface area contributed by atoms with E-state index < -0.39 is 5.97 Å². The van der Waals surface area contributed by atoms with Gasteiger partial charge in [0.1, 0.15) is 0 Å². The zero-order chi connectivity index (χ0) is 8.69. The van der Waals surface area contributed by atoms with Crippen molar-refractivity contribution in [3.63, 3.8) is 0 Å². The molecule has 0 bridgehead atoms. The zero-order valence-corrected chi connectivity index (χ0v) is 6.96. The number of unbranched alkanes of at least 4 members (excludes halogenated alkanes) is 2. The minimum absolute atomic E-state index is 0.291. The molecular formula is C8H14O3. The Balaban J connectivity index is 3.71. The Morgan fingerprint density at radius 2 is 2.27 bits per heavy atom. The highest BCUT2D eigenvalue weighted by Crippen LogP contribution is 1.99. The molecule has 3 nitrogen and oxygen atoms in total. The van der Waals surface area contributed by atoms with Crippen LogP contribution < -0.4 is 0 Å². The van der Waals surface area contributed by atoms with Crippen molar-refractivity contribution in [3.05, 3.63) is 11.8 Å². The Kier molecular flexibility index (Phi) is 5.25. The molecule has 0 aromatic carbocycles. The summed E-state index contributed by atoms with van der Waals surface area (Å²) in [5.74, 6) is -0.956. The quantitative estimate of drug-likeness (QED) is 0.293. The van der Waals surface area contributed by atoms with Gasteiger partial charge in [-0.1, -0.05) is 13.3 Å². The Bertz CT molecular complexity index is 149. The number of allylic oxidation sites excluding steroid dienone is 1. The first-order valence-electron chi connectivity index (χ1n) is 3.69. The monoisotopic (exact) mass is 158 g/mol. The normalized spacial score (nSPS) is 11.3. The van der Waals surface area contributed by atoms with E-state index in [4.69, 9.17) is 5.11 Å². The molecule has 0 amide bonds. The molecule has 11 heavy (non-hydrogen) atoms. The van der Waals surface area contributed by atoms with Gasteiger partial charge in [0, 0.05) is 0 Å². The van der Waals surface area contributed by atoms with E-state index in [0.29, 0.717) is 0 Å². The van der Waals surface area contributed by atoms with Gasteiger partial charge in [-0.2, -0.15) is 0 Å². The fraction of sp³-hybridized carbons (Fsp3) is 0.625. The molecule has 1 N–H and O–H groups in total. The van der Waals surface area contributed by atoms with Crippen molar-refractivity contribution >= 4 is 5.97 Å². The Morgan fingerprint density at radius 3 is 2.73 bits per heavy atom. The minimum Gasteiger partial charge on any atom is -0.502 e. The maximum atomic E-state index is 10.6. The van der Waals surface area contributed by atoms with Gasteiger partial charge < -0.3 is 9.84 Å². The topological polar surface area (TPSA) is 46.5 Å². The second kappa shape index (κ2) is 5.77. The molecular weight excluding hydrogens is 144 g/mol. The summed E-state index contributed by atoms with van der Waals surface area (Å²) < 4.78 is 4.29.